The molecule has 2 aliphatic rings. The number of hydrazine groups is 1. The summed E-state index contributed by atoms with van der Waals surface area (Å²) in [4.78, 5) is 42.7. The molecule has 3 atom stereocenters. The van der Waals surface area contributed by atoms with Gasteiger partial charge in [-0.15, -0.1) is 0 Å². The summed E-state index contributed by atoms with van der Waals surface area (Å²) >= 11 is 0. The summed E-state index contributed by atoms with van der Waals surface area (Å²) in [6, 6.07) is 14.1. The van der Waals surface area contributed by atoms with Crippen molar-refractivity contribution in [3.05, 3.63) is 93.0 Å². The number of hydrogen-bond donors (Lipinski definition) is 1. The lowest BCUT2D eigenvalue weighted by Gasteiger charge is -2.27. The highest BCUT2D eigenvalue weighted by Crippen LogP contribution is 2.32. The number of ether oxygens (including phenoxy) is 3. The van der Waals surface area contributed by atoms with Crippen molar-refractivity contribution in [2.75, 3.05) is 25.2 Å². The van der Waals surface area contributed by atoms with E-state index in [4.69, 9.17) is 14.2 Å². The van der Waals surface area contributed by atoms with Gasteiger partial charge in [0.15, 0.2) is 5.82 Å². The Bertz CT molecular complexity index is 1390. The number of nitrogens with one attached hydrogen (secondary N) is 1. The number of carbonyl (C=O) groups is 2. The first-order valence-corrected chi connectivity index (χ1v) is 12.5. The van der Waals surface area contributed by atoms with Crippen LogP contribution in [0.25, 0.3) is 0 Å². The quantitative estimate of drug-likeness (QED) is 0.492. The summed E-state index contributed by atoms with van der Waals surface area (Å²) in [5.74, 6) is -0.456. The van der Waals surface area contributed by atoms with E-state index in [-0.39, 0.29) is 13.0 Å². The Kier molecular flexibility index (Phi) is 7.26. The fourth-order valence-electron chi connectivity index (χ4n) is 4.58. The Labute approximate surface area is 220 Å². The van der Waals surface area contributed by atoms with Gasteiger partial charge in [-0.25, -0.2) is 19.8 Å². The summed E-state index contributed by atoms with van der Waals surface area (Å²) in [6.07, 6.45) is 0.399. The maximum absolute atomic E-state index is 12.9. The minimum Gasteiger partial charge on any atom is -0.459 e. The summed E-state index contributed by atoms with van der Waals surface area (Å²) in [6.45, 7) is 4.43. The van der Waals surface area contributed by atoms with Crippen molar-refractivity contribution in [2.24, 2.45) is 0 Å². The zero-order chi connectivity index (χ0) is 26.8. The summed E-state index contributed by atoms with van der Waals surface area (Å²) in [5, 5.41) is 1.72. The van der Waals surface area contributed by atoms with Gasteiger partial charge in [-0.2, -0.15) is 4.98 Å². The Hall–Kier alpha value is -4.02. The van der Waals surface area contributed by atoms with E-state index >= 15 is 0 Å². The fraction of sp³-hybridized carbons (Fsp3) is 0.357. The molecule has 0 spiro atoms. The molecule has 1 N–H and O–H groups in total. The van der Waals surface area contributed by atoms with E-state index in [2.05, 4.69) is 10.4 Å². The zero-order valence-corrected chi connectivity index (χ0v) is 21.5. The molecule has 38 heavy (non-hydrogen) atoms. The molecular formula is C28H30N4O6. The molecule has 0 radical (unpaired) electrons. The van der Waals surface area contributed by atoms with Gasteiger partial charge in [0.2, 0.25) is 0 Å². The summed E-state index contributed by atoms with van der Waals surface area (Å²) < 4.78 is 18.9. The minimum absolute atomic E-state index is 0.144. The van der Waals surface area contributed by atoms with Crippen LogP contribution in [0.1, 0.15) is 50.1 Å². The van der Waals surface area contributed by atoms with Gasteiger partial charge in [-0.1, -0.05) is 35.4 Å². The largest absolute Gasteiger partial charge is 0.459 e. The average Bonchev–Trinajstić information content (AvgIpc) is 3.30. The zero-order valence-electron chi connectivity index (χ0n) is 21.5. The smallest absolute Gasteiger partial charge is 0.351 e. The molecule has 0 amide bonds. The van der Waals surface area contributed by atoms with Crippen LogP contribution in [-0.2, 0) is 20.6 Å². The van der Waals surface area contributed by atoms with Gasteiger partial charge < -0.3 is 14.2 Å². The van der Waals surface area contributed by atoms with Gasteiger partial charge in [0.25, 0.3) is 0 Å². The normalized spacial score (nSPS) is 20.6. The first kappa shape index (κ1) is 25.6. The third-order valence-electron chi connectivity index (χ3n) is 6.77. The van der Waals surface area contributed by atoms with E-state index in [9.17, 15) is 14.4 Å². The first-order valence-electron chi connectivity index (χ1n) is 12.5. The Morgan fingerprint density at radius 1 is 1.03 bits per heavy atom. The lowest BCUT2D eigenvalue weighted by atomic mass is 10.1. The maximum atomic E-state index is 12.9. The third kappa shape index (κ3) is 5.46. The van der Waals surface area contributed by atoms with Crippen LogP contribution in [0, 0.1) is 13.8 Å². The fourth-order valence-corrected chi connectivity index (χ4v) is 4.58. The Morgan fingerprint density at radius 2 is 1.66 bits per heavy atom. The monoisotopic (exact) mass is 518 g/mol. The second kappa shape index (κ2) is 10.8. The van der Waals surface area contributed by atoms with E-state index in [0.717, 1.165) is 16.7 Å². The number of aryl methyl sites for hydroxylation is 2. The number of hydrogen-bond acceptors (Lipinski definition) is 9. The van der Waals surface area contributed by atoms with Crippen molar-refractivity contribution in [3.63, 3.8) is 0 Å². The molecule has 2 aromatic carbocycles. The molecule has 10 nitrogen and oxygen atoms in total. The van der Waals surface area contributed by atoms with Crippen LogP contribution < -0.4 is 16.1 Å². The van der Waals surface area contributed by atoms with Gasteiger partial charge in [-0.05, 0) is 44.5 Å². The molecule has 1 aromatic heterocycles. The van der Waals surface area contributed by atoms with Gasteiger partial charge in [0, 0.05) is 31.8 Å². The summed E-state index contributed by atoms with van der Waals surface area (Å²) in [5.41, 5.74) is 6.41. The van der Waals surface area contributed by atoms with Crippen molar-refractivity contribution >= 4 is 17.8 Å². The molecule has 198 valence electrons. The third-order valence-corrected chi connectivity index (χ3v) is 6.77. The molecule has 10 heteroatoms. The van der Waals surface area contributed by atoms with Crippen LogP contribution in [0.4, 0.5) is 5.82 Å². The van der Waals surface area contributed by atoms with Crippen molar-refractivity contribution in [3.8, 4) is 0 Å². The lowest BCUT2D eigenvalue weighted by molar-refractivity contribution is -0.0582. The van der Waals surface area contributed by atoms with Crippen LogP contribution in [0.5, 0.6) is 0 Å². The van der Waals surface area contributed by atoms with E-state index in [1.54, 1.807) is 42.5 Å². The second-order valence-electron chi connectivity index (χ2n) is 9.64. The SMILES string of the molecule is Cc1ccc(C(=O)OC[C@H]2O[C@@H](n3cc4c(nc3=O)N(C)NCC4)C[C@@H]2OC(=O)c2ccc(C)cc2)cc1. The summed E-state index contributed by atoms with van der Waals surface area (Å²) in [7, 11) is 1.81. The minimum atomic E-state index is -0.768. The van der Waals surface area contributed by atoms with E-state index in [1.165, 1.54) is 4.57 Å². The lowest BCUT2D eigenvalue weighted by Crippen LogP contribution is -2.43. The number of fused-ring (bicyclic) bond motifs is 1. The molecule has 3 aromatic rings. The van der Waals surface area contributed by atoms with E-state index < -0.39 is 36.1 Å². The van der Waals surface area contributed by atoms with Gasteiger partial charge in [0.1, 0.15) is 25.0 Å². The van der Waals surface area contributed by atoms with Crippen LogP contribution >= 0.6 is 0 Å². The standard InChI is InChI=1S/C28H30N4O6/c1-17-4-8-19(9-5-17)26(33)36-16-23-22(38-27(34)20-10-6-18(2)7-11-20)14-24(37-23)32-15-21-12-13-29-31(3)25(21)30-28(32)35/h4-11,15,22-24,29H,12-14,16H2,1-3H3/t22-,23+,24+/m0/s1. The van der Waals surface area contributed by atoms with Crippen molar-refractivity contribution in [1.29, 1.82) is 0 Å². The van der Waals surface area contributed by atoms with Crippen molar-refractivity contribution < 1.29 is 23.8 Å². The van der Waals surface area contributed by atoms with Crippen molar-refractivity contribution in [2.45, 2.75) is 45.1 Å². The van der Waals surface area contributed by atoms with Gasteiger partial charge in [0.05, 0.1) is 11.1 Å². The maximum Gasteiger partial charge on any atom is 0.351 e. The number of anilines is 1. The predicted octanol–water partition coefficient (Wildman–Crippen LogP) is 2.73. The van der Waals surface area contributed by atoms with Gasteiger partial charge >= 0.3 is 17.6 Å². The molecule has 1 saturated heterocycles. The Morgan fingerprint density at radius 3 is 2.32 bits per heavy atom. The predicted molar refractivity (Wildman–Crippen MR) is 139 cm³/mol. The van der Waals surface area contributed by atoms with Crippen LogP contribution in [0.15, 0.2) is 59.5 Å². The number of benzene rings is 2. The second-order valence-corrected chi connectivity index (χ2v) is 9.64. The number of esters is 2. The highest BCUT2D eigenvalue weighted by molar-refractivity contribution is 5.90. The molecule has 0 unspecified atom stereocenters. The topological polar surface area (TPSA) is 112 Å². The average molecular weight is 519 g/mol. The Balaban J connectivity index is 1.36. The van der Waals surface area contributed by atoms with Gasteiger partial charge in [-0.3, -0.25) is 9.58 Å². The number of carbonyl (C=O) groups excluding carboxylic acids is 2. The number of rotatable bonds is 6. The van der Waals surface area contributed by atoms with E-state index in [1.807, 2.05) is 38.1 Å². The molecule has 0 saturated carbocycles. The van der Waals surface area contributed by atoms with E-state index in [0.29, 0.717) is 29.9 Å². The highest BCUT2D eigenvalue weighted by Gasteiger charge is 2.41. The van der Waals surface area contributed by atoms with Crippen LogP contribution in [-0.4, -0.2) is 53.9 Å². The molecular weight excluding hydrogens is 488 g/mol. The molecule has 1 fully saturated rings. The molecule has 5 rings (SSSR count). The first-order chi connectivity index (χ1) is 18.3. The van der Waals surface area contributed by atoms with Crippen LogP contribution in [0.3, 0.4) is 0 Å². The molecule has 2 aliphatic heterocycles. The van der Waals surface area contributed by atoms with Crippen molar-refractivity contribution in [1.82, 2.24) is 15.0 Å². The molecule has 0 bridgehead atoms. The molecule has 3 heterocycles. The number of nitrogens with zero attached hydrogens (tertiary/aromatic N) is 3. The number of aromatic nitrogens is 2. The highest BCUT2D eigenvalue weighted by atomic mass is 16.6. The van der Waals surface area contributed by atoms with Crippen LogP contribution in [0.2, 0.25) is 0 Å². The molecule has 0 aliphatic carbocycles.